The summed E-state index contributed by atoms with van der Waals surface area (Å²) in [6, 6.07) is 17.1. The number of hydrogen-bond donors (Lipinski definition) is 3. The second kappa shape index (κ2) is 12.0. The van der Waals surface area contributed by atoms with Crippen LogP contribution in [0, 0.1) is 6.92 Å². The Morgan fingerprint density at radius 2 is 1.46 bits per heavy atom. The van der Waals surface area contributed by atoms with E-state index in [0.717, 1.165) is 17.4 Å². The molecule has 0 saturated heterocycles. The predicted molar refractivity (Wildman–Crippen MR) is 151 cm³/mol. The molecule has 0 spiro atoms. The van der Waals surface area contributed by atoms with Gasteiger partial charge in [0.05, 0.1) is 15.9 Å². The van der Waals surface area contributed by atoms with Crippen molar-refractivity contribution in [1.29, 1.82) is 0 Å². The molecule has 1 heterocycles. The Labute approximate surface area is 271 Å². The number of benzene rings is 4. The smallest absolute Gasteiger partial charge is 0.296 e. The molecule has 0 saturated carbocycles. The average Bonchev–Trinajstić information content (AvgIpc) is 3.26. The summed E-state index contributed by atoms with van der Waals surface area (Å²) in [5, 5.41) is 19.5. The Kier molecular flexibility index (Phi) is 9.78. The summed E-state index contributed by atoms with van der Waals surface area (Å²) in [4.78, 5) is 3.90. The van der Waals surface area contributed by atoms with Crippen LogP contribution in [0.3, 0.4) is 0 Å². The maximum Gasteiger partial charge on any atom is 0.296 e. The molecule has 5 aromatic rings. The zero-order valence-corrected chi connectivity index (χ0v) is 27.3. The van der Waals surface area contributed by atoms with E-state index in [2.05, 4.69) is 15.2 Å². The van der Waals surface area contributed by atoms with Gasteiger partial charge in [-0.05, 0) is 48.9 Å². The summed E-state index contributed by atoms with van der Waals surface area (Å²) in [7, 11) is -9.02. The van der Waals surface area contributed by atoms with Crippen LogP contribution >= 0.6 is 11.3 Å². The number of fused-ring (bicyclic) bond motifs is 2. The Hall–Kier alpha value is -1.75. The van der Waals surface area contributed by atoms with Crippen molar-refractivity contribution in [3.63, 3.8) is 0 Å². The SMILES string of the molecule is Cc1ccc2nc(-c3ccc(N=Nc4cc(S(=O)(=O)O)c5ccccc5c4O)cc3)sc2c1S(=O)(=O)O.[Na].[Na]. The molecule has 0 atom stereocenters. The Bertz CT molecular complexity index is 1960. The summed E-state index contributed by atoms with van der Waals surface area (Å²) >= 11 is 1.12. The van der Waals surface area contributed by atoms with E-state index in [1.165, 1.54) is 12.1 Å². The van der Waals surface area contributed by atoms with Gasteiger partial charge >= 0.3 is 0 Å². The van der Waals surface area contributed by atoms with Crippen LogP contribution in [0.25, 0.3) is 31.6 Å². The van der Waals surface area contributed by atoms with E-state index in [0.29, 0.717) is 32.0 Å². The molecule has 0 unspecified atom stereocenters. The minimum Gasteiger partial charge on any atom is -0.505 e. The second-order valence-electron chi connectivity index (χ2n) is 8.06. The van der Waals surface area contributed by atoms with Gasteiger partial charge in [-0.25, -0.2) is 4.98 Å². The van der Waals surface area contributed by atoms with E-state index in [-0.39, 0.29) is 86.2 Å². The number of nitrogens with zero attached hydrogens (tertiary/aromatic N) is 3. The third-order valence-electron chi connectivity index (χ3n) is 5.59. The Morgan fingerprint density at radius 1 is 0.821 bits per heavy atom. The molecule has 5 rings (SSSR count). The van der Waals surface area contributed by atoms with Crippen LogP contribution in [0.5, 0.6) is 5.75 Å². The number of aromatic nitrogens is 1. The van der Waals surface area contributed by atoms with Gasteiger partial charge in [-0.3, -0.25) is 9.11 Å². The number of rotatable bonds is 5. The van der Waals surface area contributed by atoms with Gasteiger partial charge in [0, 0.05) is 75.5 Å². The van der Waals surface area contributed by atoms with Crippen LogP contribution in [0.4, 0.5) is 11.4 Å². The molecule has 0 aliphatic carbocycles. The van der Waals surface area contributed by atoms with E-state index in [1.807, 2.05) is 0 Å². The molecule has 1 aromatic heterocycles. The summed E-state index contributed by atoms with van der Waals surface area (Å²) in [6.45, 7) is 1.59. The molecular weight excluding hydrogens is 584 g/mol. The van der Waals surface area contributed by atoms with Crippen molar-refractivity contribution >= 4 is 123 Å². The number of aryl methyl sites for hydroxylation is 1. The molecule has 4 aromatic carbocycles. The normalized spacial score (nSPS) is 12.0. The monoisotopic (exact) mass is 601 g/mol. The molecule has 2 radical (unpaired) electrons. The van der Waals surface area contributed by atoms with Crippen molar-refractivity contribution in [1.82, 2.24) is 4.98 Å². The van der Waals surface area contributed by atoms with Crippen molar-refractivity contribution < 1.29 is 31.0 Å². The van der Waals surface area contributed by atoms with Gasteiger partial charge in [0.25, 0.3) is 20.2 Å². The van der Waals surface area contributed by atoms with Crippen LogP contribution in [0.2, 0.25) is 0 Å². The number of phenolic OH excluding ortho intramolecular Hbond substituents is 1. The fraction of sp³-hybridized carbons (Fsp3) is 0.0417. The van der Waals surface area contributed by atoms with Gasteiger partial charge in [0.1, 0.15) is 20.5 Å². The van der Waals surface area contributed by atoms with Crippen molar-refractivity contribution in [2.75, 3.05) is 0 Å². The topological polar surface area (TPSA) is 167 Å². The summed E-state index contributed by atoms with van der Waals surface area (Å²) in [5.74, 6) is -0.289. The van der Waals surface area contributed by atoms with Crippen LogP contribution in [-0.2, 0) is 20.2 Å². The molecule has 3 N–H and O–H groups in total. The largest absolute Gasteiger partial charge is 0.505 e. The van der Waals surface area contributed by atoms with Crippen molar-refractivity contribution in [2.24, 2.45) is 10.2 Å². The molecule has 10 nitrogen and oxygen atoms in total. The molecule has 190 valence electrons. The van der Waals surface area contributed by atoms with E-state index in [4.69, 9.17) is 0 Å². The fourth-order valence-electron chi connectivity index (χ4n) is 3.89. The number of thiazole rings is 1. The molecule has 0 bridgehead atoms. The maximum atomic E-state index is 11.9. The Morgan fingerprint density at radius 3 is 2.08 bits per heavy atom. The first-order chi connectivity index (χ1) is 17.4. The average molecular weight is 602 g/mol. The zero-order chi connectivity index (χ0) is 26.5. The molecule has 0 fully saturated rings. The first-order valence-corrected chi connectivity index (χ1v) is 14.2. The third-order valence-corrected chi connectivity index (χ3v) is 8.79. The maximum absolute atomic E-state index is 11.9. The van der Waals surface area contributed by atoms with Gasteiger partial charge in [-0.2, -0.15) is 21.9 Å². The minimum absolute atomic E-state index is 0. The fourth-order valence-corrected chi connectivity index (χ4v) is 6.93. The van der Waals surface area contributed by atoms with E-state index >= 15 is 0 Å². The molecule has 0 aliphatic rings. The third kappa shape index (κ3) is 6.44. The number of phenols is 1. The van der Waals surface area contributed by atoms with E-state index < -0.39 is 25.1 Å². The first kappa shape index (κ1) is 31.8. The van der Waals surface area contributed by atoms with Crippen molar-refractivity contribution in [2.45, 2.75) is 16.7 Å². The molecule has 39 heavy (non-hydrogen) atoms. The Balaban J connectivity index is 0.00000210. The van der Waals surface area contributed by atoms with Gasteiger partial charge in [0.2, 0.25) is 0 Å². The van der Waals surface area contributed by atoms with Crippen LogP contribution in [0.15, 0.2) is 86.7 Å². The quantitative estimate of drug-likeness (QED) is 0.139. The summed E-state index contributed by atoms with van der Waals surface area (Å²) < 4.78 is 67.1. The van der Waals surface area contributed by atoms with Crippen LogP contribution in [-0.4, -0.2) is 95.1 Å². The second-order valence-corrected chi connectivity index (χ2v) is 11.8. The number of aromatic hydroxyl groups is 1. The predicted octanol–water partition coefficient (Wildman–Crippen LogP) is 5.28. The molecular formula is C24H17N3Na2O7S3. The molecule has 0 aliphatic heterocycles. The zero-order valence-electron chi connectivity index (χ0n) is 20.9. The number of hydrogen-bond acceptors (Lipinski definition) is 9. The number of azo groups is 1. The van der Waals surface area contributed by atoms with E-state index in [1.54, 1.807) is 55.5 Å². The van der Waals surface area contributed by atoms with Gasteiger partial charge in [-0.15, -0.1) is 16.5 Å². The minimum atomic E-state index is -4.59. The standard InChI is InChI=1S/C24H17N3O7S3.2Na/c1-13-6-11-18-22(23(13)37(32,33)34)35-24(25-18)14-7-9-15(10-8-14)26-27-19-12-20(36(29,30)31)16-4-2-3-5-17(16)21(19)28;;/h2-12,28H,1H3,(H,29,30,31)(H,32,33,34);;. The van der Waals surface area contributed by atoms with Gasteiger partial charge < -0.3 is 5.11 Å². The molecule has 0 amide bonds. The summed E-state index contributed by atoms with van der Waals surface area (Å²) in [6.07, 6.45) is 0. The van der Waals surface area contributed by atoms with Crippen molar-refractivity contribution in [3.8, 4) is 16.3 Å². The van der Waals surface area contributed by atoms with Crippen LogP contribution < -0.4 is 0 Å². The summed E-state index contributed by atoms with van der Waals surface area (Å²) in [5.41, 5.74) is 1.75. The van der Waals surface area contributed by atoms with Crippen LogP contribution in [0.1, 0.15) is 5.56 Å². The van der Waals surface area contributed by atoms with Gasteiger partial charge in [0.15, 0.2) is 5.75 Å². The van der Waals surface area contributed by atoms with E-state index in [9.17, 15) is 31.0 Å². The van der Waals surface area contributed by atoms with Gasteiger partial charge in [-0.1, -0.05) is 30.3 Å². The first-order valence-electron chi connectivity index (χ1n) is 10.6. The molecule has 15 heteroatoms. The van der Waals surface area contributed by atoms with Crippen molar-refractivity contribution in [3.05, 3.63) is 72.3 Å².